The summed E-state index contributed by atoms with van der Waals surface area (Å²) in [6.45, 7) is 9.15. The largest absolute Gasteiger partial charge is 0.328 e. The Morgan fingerprint density at radius 3 is 2.32 bits per heavy atom. The number of benzene rings is 1. The zero-order valence-electron chi connectivity index (χ0n) is 12.2. The van der Waals surface area contributed by atoms with E-state index in [0.29, 0.717) is 6.54 Å². The third kappa shape index (κ3) is 3.78. The highest BCUT2D eigenvalue weighted by atomic mass is 16.2. The second-order valence-corrected chi connectivity index (χ2v) is 5.70. The van der Waals surface area contributed by atoms with Crippen LogP contribution in [0.3, 0.4) is 0 Å². The monoisotopic (exact) mass is 263 g/mol. The van der Waals surface area contributed by atoms with Crippen molar-refractivity contribution in [1.82, 2.24) is 0 Å². The third-order valence-corrected chi connectivity index (χ3v) is 3.97. The molecule has 0 atom stereocenters. The van der Waals surface area contributed by atoms with Gasteiger partial charge in [0, 0.05) is 5.69 Å². The Balaban J connectivity index is 1.91. The van der Waals surface area contributed by atoms with E-state index in [-0.39, 0.29) is 5.91 Å². The van der Waals surface area contributed by atoms with Crippen molar-refractivity contribution in [3.05, 3.63) is 29.3 Å². The highest BCUT2D eigenvalue weighted by Crippen LogP contribution is 2.18. The third-order valence-electron chi connectivity index (χ3n) is 3.97. The number of rotatable bonds is 3. The van der Waals surface area contributed by atoms with E-state index < -0.39 is 0 Å². The molecule has 0 bridgehead atoms. The number of piperazine rings is 1. The average molecular weight is 263 g/mol. The van der Waals surface area contributed by atoms with Gasteiger partial charge in [0.2, 0.25) is 0 Å². The Morgan fingerprint density at radius 2 is 1.74 bits per heavy atom. The molecule has 1 aliphatic heterocycles. The molecule has 3 N–H and O–H groups in total. The highest BCUT2D eigenvalue weighted by molar-refractivity contribution is 5.93. The van der Waals surface area contributed by atoms with Gasteiger partial charge in [-0.15, -0.1) is 0 Å². The fourth-order valence-corrected chi connectivity index (χ4v) is 2.63. The Morgan fingerprint density at radius 1 is 1.16 bits per heavy atom. The smallest absolute Gasteiger partial charge is 0.279 e. The van der Waals surface area contributed by atoms with Crippen molar-refractivity contribution in [1.29, 1.82) is 0 Å². The lowest BCUT2D eigenvalue weighted by atomic mass is 10.1. The molecule has 0 saturated carbocycles. The minimum Gasteiger partial charge on any atom is -0.328 e. The number of likely N-dealkylation sites (N-methyl/N-ethyl adjacent to an activating group) is 1. The molecule has 4 nitrogen and oxygen atoms in total. The molecule has 4 heteroatoms. The SMILES string of the molecule is Cc1cccc(C)c1NC(=O)C[NH+]1CC[NH+](C)CC1. The van der Waals surface area contributed by atoms with Crippen LogP contribution in [0.15, 0.2) is 18.2 Å². The van der Waals surface area contributed by atoms with Gasteiger partial charge in [0.15, 0.2) is 6.54 Å². The van der Waals surface area contributed by atoms with Crippen molar-refractivity contribution < 1.29 is 14.6 Å². The fraction of sp³-hybridized carbons (Fsp3) is 0.533. The molecular weight excluding hydrogens is 238 g/mol. The van der Waals surface area contributed by atoms with Gasteiger partial charge in [-0.2, -0.15) is 0 Å². The molecule has 1 heterocycles. The van der Waals surface area contributed by atoms with Crippen LogP contribution in [0.1, 0.15) is 11.1 Å². The average Bonchev–Trinajstić information content (AvgIpc) is 2.37. The first-order valence-electron chi connectivity index (χ1n) is 7.07. The first-order valence-corrected chi connectivity index (χ1v) is 7.07. The van der Waals surface area contributed by atoms with Crippen LogP contribution in [0.25, 0.3) is 0 Å². The zero-order valence-corrected chi connectivity index (χ0v) is 12.2. The maximum Gasteiger partial charge on any atom is 0.279 e. The van der Waals surface area contributed by atoms with Crippen LogP contribution < -0.4 is 15.1 Å². The molecule has 0 unspecified atom stereocenters. The van der Waals surface area contributed by atoms with E-state index in [9.17, 15) is 4.79 Å². The van der Waals surface area contributed by atoms with Crippen LogP contribution in [0, 0.1) is 13.8 Å². The van der Waals surface area contributed by atoms with E-state index in [2.05, 4.69) is 12.4 Å². The van der Waals surface area contributed by atoms with E-state index in [1.807, 2.05) is 32.0 Å². The number of quaternary nitrogens is 2. The van der Waals surface area contributed by atoms with Gasteiger partial charge < -0.3 is 15.1 Å². The van der Waals surface area contributed by atoms with Crippen LogP contribution >= 0.6 is 0 Å². The first kappa shape index (κ1) is 14.0. The van der Waals surface area contributed by atoms with Crippen molar-refractivity contribution >= 4 is 11.6 Å². The van der Waals surface area contributed by atoms with E-state index >= 15 is 0 Å². The Kier molecular flexibility index (Phi) is 4.56. The molecule has 0 spiro atoms. The minimum absolute atomic E-state index is 0.131. The van der Waals surface area contributed by atoms with Gasteiger partial charge in [-0.3, -0.25) is 4.79 Å². The van der Waals surface area contributed by atoms with Crippen molar-refractivity contribution in [3.8, 4) is 0 Å². The molecular formula is C15H25N3O+2. The molecule has 2 rings (SSSR count). The van der Waals surface area contributed by atoms with Gasteiger partial charge in [-0.25, -0.2) is 0 Å². The fourth-order valence-electron chi connectivity index (χ4n) is 2.63. The summed E-state index contributed by atoms with van der Waals surface area (Å²) >= 11 is 0. The maximum absolute atomic E-state index is 12.1. The van der Waals surface area contributed by atoms with E-state index in [1.165, 1.54) is 4.90 Å². The number of nitrogens with one attached hydrogen (secondary N) is 3. The van der Waals surface area contributed by atoms with E-state index in [0.717, 1.165) is 43.0 Å². The number of aryl methyl sites for hydroxylation is 2. The molecule has 1 saturated heterocycles. The second-order valence-electron chi connectivity index (χ2n) is 5.70. The van der Waals surface area contributed by atoms with Crippen molar-refractivity contribution in [2.24, 2.45) is 0 Å². The topological polar surface area (TPSA) is 38.0 Å². The summed E-state index contributed by atoms with van der Waals surface area (Å²) in [7, 11) is 2.22. The predicted molar refractivity (Wildman–Crippen MR) is 76.7 cm³/mol. The van der Waals surface area contributed by atoms with Gasteiger partial charge in [0.25, 0.3) is 5.91 Å². The summed E-state index contributed by atoms with van der Waals surface area (Å²) in [5, 5.41) is 3.07. The highest BCUT2D eigenvalue weighted by Gasteiger charge is 2.22. The molecule has 0 radical (unpaired) electrons. The van der Waals surface area contributed by atoms with Crippen LogP contribution in [-0.2, 0) is 4.79 Å². The zero-order chi connectivity index (χ0) is 13.8. The van der Waals surface area contributed by atoms with Gasteiger partial charge in [0.05, 0.1) is 7.05 Å². The van der Waals surface area contributed by atoms with Gasteiger partial charge >= 0.3 is 0 Å². The molecule has 0 aliphatic carbocycles. The maximum atomic E-state index is 12.1. The van der Waals surface area contributed by atoms with Crippen LogP contribution in [0.2, 0.25) is 0 Å². The number of hydrogen-bond acceptors (Lipinski definition) is 1. The molecule has 1 fully saturated rings. The van der Waals surface area contributed by atoms with Crippen molar-refractivity contribution in [2.45, 2.75) is 13.8 Å². The lowest BCUT2D eigenvalue weighted by Gasteiger charge is -2.26. The summed E-state index contributed by atoms with van der Waals surface area (Å²) in [5.74, 6) is 0.131. The second kappa shape index (κ2) is 6.17. The number of hydrogen-bond donors (Lipinski definition) is 3. The molecule has 1 aromatic rings. The number of carbonyl (C=O) groups excluding carboxylic acids is 1. The quantitative estimate of drug-likeness (QED) is 0.620. The Bertz CT molecular complexity index is 430. The van der Waals surface area contributed by atoms with Crippen LogP contribution in [-0.4, -0.2) is 45.7 Å². The van der Waals surface area contributed by atoms with Crippen molar-refractivity contribution in [2.75, 3.05) is 45.1 Å². The Labute approximate surface area is 115 Å². The van der Waals surface area contributed by atoms with Gasteiger partial charge in [-0.1, -0.05) is 18.2 Å². The molecule has 19 heavy (non-hydrogen) atoms. The van der Waals surface area contributed by atoms with E-state index in [1.54, 1.807) is 4.90 Å². The summed E-state index contributed by atoms with van der Waals surface area (Å²) in [6.07, 6.45) is 0. The number of para-hydroxylation sites is 1. The number of anilines is 1. The number of amides is 1. The molecule has 1 amide bonds. The van der Waals surface area contributed by atoms with Crippen LogP contribution in [0.4, 0.5) is 5.69 Å². The van der Waals surface area contributed by atoms with Crippen LogP contribution in [0.5, 0.6) is 0 Å². The standard InChI is InChI=1S/C15H23N3O/c1-12-5-4-6-13(2)15(12)16-14(19)11-18-9-7-17(3)8-10-18/h4-6H,7-11H2,1-3H3,(H,16,19)/p+2. The summed E-state index contributed by atoms with van der Waals surface area (Å²) < 4.78 is 0. The predicted octanol–water partition coefficient (Wildman–Crippen LogP) is -1.34. The summed E-state index contributed by atoms with van der Waals surface area (Å²) in [5.41, 5.74) is 3.24. The van der Waals surface area contributed by atoms with Crippen molar-refractivity contribution in [3.63, 3.8) is 0 Å². The normalized spacial score (nSPS) is 23.1. The van der Waals surface area contributed by atoms with Gasteiger partial charge in [-0.05, 0) is 25.0 Å². The molecule has 1 aliphatic rings. The van der Waals surface area contributed by atoms with E-state index in [4.69, 9.17) is 0 Å². The minimum atomic E-state index is 0.131. The lowest BCUT2D eigenvalue weighted by Crippen LogP contribution is -3.27. The summed E-state index contributed by atoms with van der Waals surface area (Å²) in [6, 6.07) is 6.10. The first-order chi connectivity index (χ1) is 9.06. The number of carbonyl (C=O) groups is 1. The molecule has 1 aromatic carbocycles. The summed E-state index contributed by atoms with van der Waals surface area (Å²) in [4.78, 5) is 15.1. The molecule has 104 valence electrons. The van der Waals surface area contributed by atoms with Gasteiger partial charge in [0.1, 0.15) is 26.2 Å². The Hall–Kier alpha value is -1.39. The molecule has 0 aromatic heterocycles. The lowest BCUT2D eigenvalue weighted by molar-refractivity contribution is -0.999.